The number of hydrogen-bond acceptors (Lipinski definition) is 4. The molecular weight excluding hydrogens is 240 g/mol. The molecule has 1 aromatic heterocycles. The van der Waals surface area contributed by atoms with Gasteiger partial charge in [-0.2, -0.15) is 0 Å². The first-order valence-electron chi connectivity index (χ1n) is 6.31. The fourth-order valence-corrected chi connectivity index (χ4v) is 1.62. The van der Waals surface area contributed by atoms with Crippen molar-refractivity contribution < 1.29 is 9.53 Å². The van der Waals surface area contributed by atoms with Crippen LogP contribution in [0.25, 0.3) is 0 Å². The lowest BCUT2D eigenvalue weighted by Gasteiger charge is -2.04. The molecule has 4 heteroatoms. The van der Waals surface area contributed by atoms with Crippen LogP contribution in [0.2, 0.25) is 0 Å². The molecule has 4 nitrogen and oxygen atoms in total. The number of rotatable bonds is 5. The van der Waals surface area contributed by atoms with E-state index in [-0.39, 0.29) is 5.69 Å². The summed E-state index contributed by atoms with van der Waals surface area (Å²) < 4.78 is 5.16. The Balaban J connectivity index is 1.84. The summed E-state index contributed by atoms with van der Waals surface area (Å²) in [6.07, 6.45) is 4.57. The molecule has 0 saturated carbocycles. The lowest BCUT2D eigenvalue weighted by molar-refractivity contribution is 0.0502. The molecule has 19 heavy (non-hydrogen) atoms. The molecule has 0 bridgehead atoms. The second-order valence-corrected chi connectivity index (χ2v) is 4.12. The van der Waals surface area contributed by atoms with Crippen LogP contribution in [0.1, 0.15) is 28.7 Å². The number of carbonyl (C=O) groups excluding carboxylic acids is 1. The van der Waals surface area contributed by atoms with E-state index in [9.17, 15) is 4.79 Å². The van der Waals surface area contributed by atoms with E-state index >= 15 is 0 Å². The number of nitrogens with zero attached hydrogens (tertiary/aromatic N) is 2. The maximum Gasteiger partial charge on any atom is 0.358 e. The van der Waals surface area contributed by atoms with Crippen molar-refractivity contribution in [1.29, 1.82) is 0 Å². The van der Waals surface area contributed by atoms with Crippen molar-refractivity contribution in [3.05, 3.63) is 59.7 Å². The van der Waals surface area contributed by atoms with Crippen LogP contribution in [0.5, 0.6) is 0 Å². The molecule has 0 N–H and O–H groups in total. The Bertz CT molecular complexity index is 524. The summed E-state index contributed by atoms with van der Waals surface area (Å²) >= 11 is 0. The van der Waals surface area contributed by atoms with E-state index in [2.05, 4.69) is 9.97 Å². The Morgan fingerprint density at radius 1 is 1.16 bits per heavy atom. The number of esters is 1. The number of benzene rings is 1. The number of aryl methyl sites for hydroxylation is 1. The summed E-state index contributed by atoms with van der Waals surface area (Å²) in [6.45, 7) is 2.34. The molecule has 0 saturated heterocycles. The van der Waals surface area contributed by atoms with Gasteiger partial charge in [0.25, 0.3) is 0 Å². The van der Waals surface area contributed by atoms with Crippen molar-refractivity contribution in [2.24, 2.45) is 0 Å². The van der Waals surface area contributed by atoms with Gasteiger partial charge in [0.1, 0.15) is 0 Å². The van der Waals surface area contributed by atoms with Gasteiger partial charge in [-0.05, 0) is 12.0 Å². The van der Waals surface area contributed by atoms with Gasteiger partial charge in [0.2, 0.25) is 0 Å². The summed E-state index contributed by atoms with van der Waals surface area (Å²) in [7, 11) is 0. The first kappa shape index (κ1) is 13.2. The summed E-state index contributed by atoms with van der Waals surface area (Å²) in [6, 6.07) is 9.89. The minimum absolute atomic E-state index is 0.255. The average Bonchev–Trinajstić information content (AvgIpc) is 2.48. The predicted octanol–water partition coefficient (Wildman–Crippen LogP) is 2.44. The van der Waals surface area contributed by atoms with E-state index in [0.717, 1.165) is 17.7 Å². The van der Waals surface area contributed by atoms with Crippen LogP contribution >= 0.6 is 0 Å². The van der Waals surface area contributed by atoms with E-state index in [1.54, 1.807) is 6.20 Å². The monoisotopic (exact) mass is 256 g/mol. The fourth-order valence-electron chi connectivity index (χ4n) is 1.62. The largest absolute Gasteiger partial charge is 0.461 e. The maximum atomic E-state index is 11.7. The highest BCUT2D eigenvalue weighted by molar-refractivity contribution is 5.86. The number of aromatic nitrogens is 2. The Kier molecular flexibility index (Phi) is 4.61. The van der Waals surface area contributed by atoms with Gasteiger partial charge in [-0.1, -0.05) is 37.3 Å². The van der Waals surface area contributed by atoms with E-state index in [1.165, 1.54) is 6.20 Å². The van der Waals surface area contributed by atoms with Crippen molar-refractivity contribution in [2.75, 3.05) is 6.61 Å². The third kappa shape index (κ3) is 3.88. The first-order chi connectivity index (χ1) is 9.29. The standard InChI is InChI=1S/C15H16N2O2/c1-2-13-10-17-14(11-16-13)15(18)19-9-8-12-6-4-3-5-7-12/h3-7,10-11H,2,8-9H2,1H3. The van der Waals surface area contributed by atoms with E-state index < -0.39 is 5.97 Å². The second-order valence-electron chi connectivity index (χ2n) is 4.12. The minimum Gasteiger partial charge on any atom is -0.461 e. The molecule has 0 amide bonds. The van der Waals surface area contributed by atoms with Gasteiger partial charge >= 0.3 is 5.97 Å². The molecule has 0 aliphatic carbocycles. The molecule has 0 spiro atoms. The normalized spacial score (nSPS) is 10.2. The lowest BCUT2D eigenvalue weighted by atomic mass is 10.2. The van der Waals surface area contributed by atoms with Crippen LogP contribution in [0.15, 0.2) is 42.7 Å². The van der Waals surface area contributed by atoms with Crippen LogP contribution in [0.4, 0.5) is 0 Å². The third-order valence-electron chi connectivity index (χ3n) is 2.74. The highest BCUT2D eigenvalue weighted by Gasteiger charge is 2.09. The Labute approximate surface area is 112 Å². The van der Waals surface area contributed by atoms with Gasteiger partial charge in [-0.25, -0.2) is 9.78 Å². The zero-order chi connectivity index (χ0) is 13.5. The highest BCUT2D eigenvalue weighted by atomic mass is 16.5. The van der Waals surface area contributed by atoms with E-state index in [1.807, 2.05) is 37.3 Å². The molecule has 0 atom stereocenters. The Morgan fingerprint density at radius 3 is 2.58 bits per heavy atom. The van der Waals surface area contributed by atoms with Crippen molar-refractivity contribution >= 4 is 5.97 Å². The van der Waals surface area contributed by atoms with E-state index in [4.69, 9.17) is 4.74 Å². The number of carbonyl (C=O) groups is 1. The molecule has 0 aliphatic rings. The fraction of sp³-hybridized carbons (Fsp3) is 0.267. The van der Waals surface area contributed by atoms with Crippen LogP contribution in [0, 0.1) is 0 Å². The van der Waals surface area contributed by atoms with Gasteiger partial charge < -0.3 is 4.74 Å². The molecule has 0 fully saturated rings. The van der Waals surface area contributed by atoms with Crippen molar-refractivity contribution in [3.63, 3.8) is 0 Å². The zero-order valence-electron chi connectivity index (χ0n) is 10.9. The Morgan fingerprint density at radius 2 is 1.95 bits per heavy atom. The van der Waals surface area contributed by atoms with Gasteiger partial charge in [-0.15, -0.1) is 0 Å². The first-order valence-corrected chi connectivity index (χ1v) is 6.31. The third-order valence-corrected chi connectivity index (χ3v) is 2.74. The summed E-state index contributed by atoms with van der Waals surface area (Å²) in [4.78, 5) is 19.9. The van der Waals surface area contributed by atoms with Crippen LogP contribution < -0.4 is 0 Å². The van der Waals surface area contributed by atoms with E-state index in [0.29, 0.717) is 13.0 Å². The summed E-state index contributed by atoms with van der Waals surface area (Å²) in [5.41, 5.74) is 2.26. The Hall–Kier alpha value is -2.23. The van der Waals surface area contributed by atoms with Crippen LogP contribution in [-0.2, 0) is 17.6 Å². The highest BCUT2D eigenvalue weighted by Crippen LogP contribution is 2.02. The summed E-state index contributed by atoms with van der Waals surface area (Å²) in [5, 5.41) is 0. The van der Waals surface area contributed by atoms with Gasteiger partial charge in [-0.3, -0.25) is 4.98 Å². The van der Waals surface area contributed by atoms with Crippen molar-refractivity contribution in [2.45, 2.75) is 19.8 Å². The van der Waals surface area contributed by atoms with Gasteiger partial charge in [0, 0.05) is 12.6 Å². The van der Waals surface area contributed by atoms with Gasteiger partial charge in [0.05, 0.1) is 18.5 Å². The molecule has 0 radical (unpaired) electrons. The molecular formula is C15H16N2O2. The van der Waals surface area contributed by atoms with Crippen molar-refractivity contribution in [3.8, 4) is 0 Å². The number of ether oxygens (including phenoxy) is 1. The molecule has 2 aromatic rings. The maximum absolute atomic E-state index is 11.7. The zero-order valence-corrected chi connectivity index (χ0v) is 10.9. The molecule has 1 aromatic carbocycles. The molecule has 1 heterocycles. The molecule has 2 rings (SSSR count). The van der Waals surface area contributed by atoms with Crippen LogP contribution in [0.3, 0.4) is 0 Å². The van der Waals surface area contributed by atoms with Crippen LogP contribution in [-0.4, -0.2) is 22.5 Å². The summed E-state index contributed by atoms with van der Waals surface area (Å²) in [5.74, 6) is -0.425. The quantitative estimate of drug-likeness (QED) is 0.771. The predicted molar refractivity (Wildman–Crippen MR) is 71.8 cm³/mol. The average molecular weight is 256 g/mol. The molecule has 98 valence electrons. The topological polar surface area (TPSA) is 52.1 Å². The molecule has 0 unspecified atom stereocenters. The molecule has 0 aliphatic heterocycles. The minimum atomic E-state index is -0.425. The van der Waals surface area contributed by atoms with Crippen molar-refractivity contribution in [1.82, 2.24) is 9.97 Å². The SMILES string of the molecule is CCc1cnc(C(=O)OCCc2ccccc2)cn1. The number of hydrogen-bond donors (Lipinski definition) is 0. The lowest BCUT2D eigenvalue weighted by Crippen LogP contribution is -2.10. The van der Waals surface area contributed by atoms with Gasteiger partial charge in [0.15, 0.2) is 5.69 Å². The second kappa shape index (κ2) is 6.64. The smallest absolute Gasteiger partial charge is 0.358 e.